The van der Waals surface area contributed by atoms with Crippen LogP contribution in [-0.2, 0) is 21.3 Å². The first-order valence-electron chi connectivity index (χ1n) is 6.37. The molecule has 0 spiro atoms. The highest BCUT2D eigenvalue weighted by atomic mass is 32.2. The fourth-order valence-corrected chi connectivity index (χ4v) is 3.70. The zero-order valence-corrected chi connectivity index (χ0v) is 12.4. The smallest absolute Gasteiger partial charge is 0.158 e. The van der Waals surface area contributed by atoms with E-state index in [4.69, 9.17) is 0 Å². The van der Waals surface area contributed by atoms with E-state index < -0.39 is 15.7 Å². The van der Waals surface area contributed by atoms with Gasteiger partial charge in [0.1, 0.15) is 5.82 Å². The molecular formula is C16H17FO2S. The molecule has 0 fully saturated rings. The molecule has 4 heteroatoms. The summed E-state index contributed by atoms with van der Waals surface area (Å²) in [5.74, 6) is -0.570. The predicted octanol–water partition coefficient (Wildman–Crippen LogP) is 3.56. The SMILES string of the molecule is Cc1ccc(C)c(CS(=O)(=O)Cc2cccc(F)c2)c1. The summed E-state index contributed by atoms with van der Waals surface area (Å²) >= 11 is 0. The Kier molecular flexibility index (Phi) is 4.23. The lowest BCUT2D eigenvalue weighted by atomic mass is 10.1. The zero-order valence-electron chi connectivity index (χ0n) is 11.6. The predicted molar refractivity (Wildman–Crippen MR) is 78.6 cm³/mol. The Hall–Kier alpha value is -1.68. The zero-order chi connectivity index (χ0) is 14.8. The molecule has 0 bridgehead atoms. The minimum Gasteiger partial charge on any atom is -0.228 e. The highest BCUT2D eigenvalue weighted by Gasteiger charge is 2.15. The maximum Gasteiger partial charge on any atom is 0.158 e. The van der Waals surface area contributed by atoms with Crippen molar-refractivity contribution in [1.29, 1.82) is 0 Å². The molecule has 0 radical (unpaired) electrons. The fraction of sp³-hybridized carbons (Fsp3) is 0.250. The summed E-state index contributed by atoms with van der Waals surface area (Å²) in [5.41, 5.74) is 3.28. The Balaban J connectivity index is 2.21. The first-order valence-corrected chi connectivity index (χ1v) is 8.19. The summed E-state index contributed by atoms with van der Waals surface area (Å²) in [5, 5.41) is 0. The van der Waals surface area contributed by atoms with E-state index in [1.165, 1.54) is 18.2 Å². The lowest BCUT2D eigenvalue weighted by Crippen LogP contribution is -2.09. The Morgan fingerprint density at radius 1 is 1.00 bits per heavy atom. The van der Waals surface area contributed by atoms with Crippen LogP contribution in [0, 0.1) is 19.7 Å². The molecule has 0 N–H and O–H groups in total. The van der Waals surface area contributed by atoms with Crippen LogP contribution < -0.4 is 0 Å². The van der Waals surface area contributed by atoms with E-state index in [2.05, 4.69) is 0 Å². The Labute approximate surface area is 119 Å². The fourth-order valence-electron chi connectivity index (χ4n) is 2.12. The van der Waals surface area contributed by atoms with Crippen LogP contribution in [0.15, 0.2) is 42.5 Å². The monoisotopic (exact) mass is 292 g/mol. The molecule has 0 amide bonds. The number of hydrogen-bond donors (Lipinski definition) is 0. The molecular weight excluding hydrogens is 275 g/mol. The second-order valence-corrected chi connectivity index (χ2v) is 7.16. The van der Waals surface area contributed by atoms with Gasteiger partial charge in [-0.05, 0) is 42.7 Å². The van der Waals surface area contributed by atoms with E-state index in [0.717, 1.165) is 16.7 Å². The van der Waals surface area contributed by atoms with Gasteiger partial charge in [-0.3, -0.25) is 0 Å². The van der Waals surface area contributed by atoms with Crippen molar-refractivity contribution < 1.29 is 12.8 Å². The van der Waals surface area contributed by atoms with Crippen molar-refractivity contribution in [2.45, 2.75) is 25.4 Å². The second kappa shape index (κ2) is 5.75. The van der Waals surface area contributed by atoms with Crippen LogP contribution in [-0.4, -0.2) is 8.42 Å². The second-order valence-electron chi connectivity index (χ2n) is 5.09. The number of aryl methyl sites for hydroxylation is 2. The van der Waals surface area contributed by atoms with Crippen molar-refractivity contribution in [3.05, 3.63) is 70.5 Å². The van der Waals surface area contributed by atoms with Gasteiger partial charge in [-0.15, -0.1) is 0 Å². The normalized spacial score (nSPS) is 11.6. The van der Waals surface area contributed by atoms with Gasteiger partial charge in [0.05, 0.1) is 11.5 Å². The minimum absolute atomic E-state index is 0.0168. The summed E-state index contributed by atoms with van der Waals surface area (Å²) in [7, 11) is -3.31. The van der Waals surface area contributed by atoms with Crippen LogP contribution in [0.1, 0.15) is 22.3 Å². The third kappa shape index (κ3) is 3.90. The molecule has 2 nitrogen and oxygen atoms in total. The van der Waals surface area contributed by atoms with Crippen molar-refractivity contribution in [2.24, 2.45) is 0 Å². The first-order chi connectivity index (χ1) is 9.35. The lowest BCUT2D eigenvalue weighted by Gasteiger charge is -2.09. The van der Waals surface area contributed by atoms with E-state index in [-0.39, 0.29) is 11.5 Å². The van der Waals surface area contributed by atoms with Gasteiger partial charge in [0.2, 0.25) is 0 Å². The van der Waals surface area contributed by atoms with Gasteiger partial charge >= 0.3 is 0 Å². The van der Waals surface area contributed by atoms with E-state index >= 15 is 0 Å². The maximum atomic E-state index is 13.1. The lowest BCUT2D eigenvalue weighted by molar-refractivity contribution is 0.593. The molecule has 2 rings (SSSR count). The highest BCUT2D eigenvalue weighted by molar-refractivity contribution is 7.89. The van der Waals surface area contributed by atoms with Crippen LogP contribution in [0.5, 0.6) is 0 Å². The summed E-state index contributed by atoms with van der Waals surface area (Å²) in [6, 6.07) is 11.5. The van der Waals surface area contributed by atoms with Gasteiger partial charge in [0, 0.05) is 0 Å². The average Bonchev–Trinajstić information content (AvgIpc) is 2.33. The van der Waals surface area contributed by atoms with E-state index in [1.54, 1.807) is 6.07 Å². The maximum absolute atomic E-state index is 13.1. The van der Waals surface area contributed by atoms with Crippen LogP contribution in [0.2, 0.25) is 0 Å². The van der Waals surface area contributed by atoms with Gasteiger partial charge in [-0.2, -0.15) is 0 Å². The number of sulfone groups is 1. The van der Waals surface area contributed by atoms with E-state index in [0.29, 0.717) is 5.56 Å². The molecule has 0 aromatic heterocycles. The van der Waals surface area contributed by atoms with Gasteiger partial charge in [-0.1, -0.05) is 35.9 Å². The molecule has 0 aliphatic rings. The largest absolute Gasteiger partial charge is 0.228 e. The van der Waals surface area contributed by atoms with Crippen molar-refractivity contribution in [3.63, 3.8) is 0 Å². The number of hydrogen-bond acceptors (Lipinski definition) is 2. The molecule has 0 heterocycles. The molecule has 0 saturated heterocycles. The summed E-state index contributed by atoms with van der Waals surface area (Å²) in [6.45, 7) is 3.83. The van der Waals surface area contributed by atoms with Gasteiger partial charge in [-0.25, -0.2) is 12.8 Å². The summed E-state index contributed by atoms with van der Waals surface area (Å²) in [6.07, 6.45) is 0. The van der Waals surface area contributed by atoms with E-state index in [9.17, 15) is 12.8 Å². The van der Waals surface area contributed by atoms with Crippen LogP contribution >= 0.6 is 0 Å². The minimum atomic E-state index is -3.31. The van der Waals surface area contributed by atoms with Crippen molar-refractivity contribution >= 4 is 9.84 Å². The quantitative estimate of drug-likeness (QED) is 0.863. The highest BCUT2D eigenvalue weighted by Crippen LogP contribution is 2.17. The van der Waals surface area contributed by atoms with Gasteiger partial charge < -0.3 is 0 Å². The number of rotatable bonds is 4. The van der Waals surface area contributed by atoms with Gasteiger partial charge in [0.15, 0.2) is 9.84 Å². The molecule has 2 aromatic rings. The first kappa shape index (κ1) is 14.7. The average molecular weight is 292 g/mol. The van der Waals surface area contributed by atoms with Crippen molar-refractivity contribution in [3.8, 4) is 0 Å². The molecule has 0 aliphatic carbocycles. The molecule has 0 aliphatic heterocycles. The van der Waals surface area contributed by atoms with Crippen molar-refractivity contribution in [2.75, 3.05) is 0 Å². The van der Waals surface area contributed by atoms with Crippen LogP contribution in [0.4, 0.5) is 4.39 Å². The standard InChI is InChI=1S/C16H17FO2S/c1-12-6-7-13(2)15(8-12)11-20(18,19)10-14-4-3-5-16(17)9-14/h3-9H,10-11H2,1-2H3. The van der Waals surface area contributed by atoms with Crippen LogP contribution in [0.25, 0.3) is 0 Å². The molecule has 0 saturated carbocycles. The Morgan fingerprint density at radius 3 is 2.45 bits per heavy atom. The topological polar surface area (TPSA) is 34.1 Å². The number of halogens is 1. The van der Waals surface area contributed by atoms with Gasteiger partial charge in [0.25, 0.3) is 0 Å². The molecule has 0 unspecified atom stereocenters. The molecule has 0 atom stereocenters. The third-order valence-corrected chi connectivity index (χ3v) is 4.68. The van der Waals surface area contributed by atoms with E-state index in [1.807, 2.05) is 32.0 Å². The molecule has 2 aromatic carbocycles. The number of benzene rings is 2. The summed E-state index contributed by atoms with van der Waals surface area (Å²) < 4.78 is 37.5. The van der Waals surface area contributed by atoms with Crippen molar-refractivity contribution in [1.82, 2.24) is 0 Å². The molecule has 20 heavy (non-hydrogen) atoms. The molecule has 106 valence electrons. The Morgan fingerprint density at radius 2 is 1.75 bits per heavy atom. The summed E-state index contributed by atoms with van der Waals surface area (Å²) in [4.78, 5) is 0. The Bertz CT molecular complexity index is 721. The third-order valence-electron chi connectivity index (χ3n) is 3.16. The van der Waals surface area contributed by atoms with Crippen LogP contribution in [0.3, 0.4) is 0 Å².